The number of esters is 1. The zero-order chi connectivity index (χ0) is 9.68. The second-order valence-electron chi connectivity index (χ2n) is 2.65. The minimum absolute atomic E-state index is 0.405. The average molecular weight is 177 g/mol. The van der Waals surface area contributed by atoms with Crippen molar-refractivity contribution >= 4 is 5.97 Å². The van der Waals surface area contributed by atoms with Gasteiger partial charge in [0, 0.05) is 12.0 Å². The Morgan fingerprint density at radius 3 is 3.08 bits per heavy atom. The molecule has 13 heavy (non-hydrogen) atoms. The molecule has 0 aromatic heterocycles. The van der Waals surface area contributed by atoms with E-state index in [1.165, 1.54) is 7.11 Å². The van der Waals surface area contributed by atoms with E-state index >= 15 is 0 Å². The first-order chi connectivity index (χ1) is 6.24. The summed E-state index contributed by atoms with van der Waals surface area (Å²) in [6.07, 6.45) is 0.435. The molecule has 1 atom stereocenters. The number of hydrogen-bond donors (Lipinski definition) is 1. The third-order valence-corrected chi connectivity index (χ3v) is 1.65. The van der Waals surface area contributed by atoms with E-state index < -0.39 is 12.0 Å². The Morgan fingerprint density at radius 2 is 2.54 bits per heavy atom. The van der Waals surface area contributed by atoms with Gasteiger partial charge >= 0.3 is 5.97 Å². The fourth-order valence-electron chi connectivity index (χ4n) is 0.979. The molecule has 3 heteroatoms. The van der Waals surface area contributed by atoms with Crippen LogP contribution in [0.1, 0.15) is 5.56 Å². The lowest BCUT2D eigenvalue weighted by atomic mass is 10.1. The number of carbonyl (C=O) groups is 1. The van der Waals surface area contributed by atoms with Crippen LogP contribution in [0.25, 0.3) is 0 Å². The van der Waals surface area contributed by atoms with Gasteiger partial charge in [0.15, 0.2) is 0 Å². The SMILES string of the molecule is COC(=O)C(N)Cc1c#cccc1. The molecule has 2 N–H and O–H groups in total. The van der Waals surface area contributed by atoms with Crippen molar-refractivity contribution in [3.63, 3.8) is 0 Å². The monoisotopic (exact) mass is 177 g/mol. The van der Waals surface area contributed by atoms with Crippen LogP contribution >= 0.6 is 0 Å². The van der Waals surface area contributed by atoms with Crippen molar-refractivity contribution in [2.75, 3.05) is 7.11 Å². The van der Waals surface area contributed by atoms with E-state index in [0.717, 1.165) is 5.56 Å². The van der Waals surface area contributed by atoms with Crippen LogP contribution in [-0.4, -0.2) is 19.1 Å². The summed E-state index contributed by atoms with van der Waals surface area (Å²) in [5.41, 5.74) is 6.41. The maximum absolute atomic E-state index is 10.9. The lowest BCUT2D eigenvalue weighted by Gasteiger charge is -2.06. The predicted octanol–water partition coefficient (Wildman–Crippen LogP) is 0.330. The highest BCUT2D eigenvalue weighted by Gasteiger charge is 2.13. The quantitative estimate of drug-likeness (QED) is 0.677. The second-order valence-corrected chi connectivity index (χ2v) is 2.65. The number of nitrogens with two attached hydrogens (primary N) is 1. The Balaban J connectivity index is 2.55. The Bertz CT molecular complexity index is 272. The topological polar surface area (TPSA) is 52.3 Å². The van der Waals surface area contributed by atoms with Gasteiger partial charge in [-0.1, -0.05) is 18.2 Å². The number of methoxy groups -OCH3 is 1. The van der Waals surface area contributed by atoms with Crippen molar-refractivity contribution in [3.8, 4) is 0 Å². The second kappa shape index (κ2) is 4.48. The molecule has 1 aromatic rings. The molecule has 0 amide bonds. The lowest BCUT2D eigenvalue weighted by Crippen LogP contribution is -2.33. The number of ether oxygens (including phenoxy) is 1. The van der Waals surface area contributed by atoms with E-state index in [1.54, 1.807) is 6.07 Å². The molecule has 0 aliphatic heterocycles. The van der Waals surface area contributed by atoms with Gasteiger partial charge in [0.1, 0.15) is 6.04 Å². The Morgan fingerprint density at radius 1 is 1.77 bits per heavy atom. The zero-order valence-electron chi connectivity index (χ0n) is 7.41. The van der Waals surface area contributed by atoms with Crippen LogP contribution in [0.4, 0.5) is 0 Å². The molecule has 0 heterocycles. The van der Waals surface area contributed by atoms with Crippen LogP contribution < -0.4 is 5.73 Å². The van der Waals surface area contributed by atoms with Crippen molar-refractivity contribution in [2.45, 2.75) is 12.5 Å². The number of rotatable bonds is 3. The van der Waals surface area contributed by atoms with Gasteiger partial charge in [-0.2, -0.15) is 0 Å². The first-order valence-electron chi connectivity index (χ1n) is 3.94. The van der Waals surface area contributed by atoms with Crippen molar-refractivity contribution in [1.29, 1.82) is 0 Å². The summed E-state index contributed by atoms with van der Waals surface area (Å²) in [6.45, 7) is 0. The van der Waals surface area contributed by atoms with Crippen molar-refractivity contribution in [2.24, 2.45) is 5.73 Å². The van der Waals surface area contributed by atoms with E-state index in [9.17, 15) is 4.79 Å². The zero-order valence-corrected chi connectivity index (χ0v) is 7.41. The van der Waals surface area contributed by atoms with E-state index in [1.807, 2.05) is 12.1 Å². The molecule has 0 fully saturated rings. The van der Waals surface area contributed by atoms with Gasteiger partial charge in [0.2, 0.25) is 0 Å². The van der Waals surface area contributed by atoms with Gasteiger partial charge in [-0.25, -0.2) is 0 Å². The normalized spacial score (nSPS) is 11.5. The average Bonchev–Trinajstić information content (AvgIpc) is 2.18. The molecule has 0 radical (unpaired) electrons. The highest BCUT2D eigenvalue weighted by atomic mass is 16.5. The molecule has 68 valence electrons. The van der Waals surface area contributed by atoms with E-state index in [0.29, 0.717) is 6.42 Å². The van der Waals surface area contributed by atoms with Crippen molar-refractivity contribution in [1.82, 2.24) is 0 Å². The summed E-state index contributed by atoms with van der Waals surface area (Å²) in [6, 6.07) is 10.5. The van der Waals surface area contributed by atoms with Crippen molar-refractivity contribution < 1.29 is 9.53 Å². The summed E-state index contributed by atoms with van der Waals surface area (Å²) < 4.78 is 4.50. The van der Waals surface area contributed by atoms with E-state index in [-0.39, 0.29) is 0 Å². The molecule has 0 bridgehead atoms. The largest absolute Gasteiger partial charge is 0.468 e. The fourth-order valence-corrected chi connectivity index (χ4v) is 0.979. The van der Waals surface area contributed by atoms with Crippen molar-refractivity contribution in [3.05, 3.63) is 35.9 Å². The summed E-state index contributed by atoms with van der Waals surface area (Å²) >= 11 is 0. The molecule has 0 aliphatic rings. The summed E-state index contributed by atoms with van der Waals surface area (Å²) in [5.74, 6) is -0.405. The highest BCUT2D eigenvalue weighted by molar-refractivity contribution is 5.75. The number of carbonyl (C=O) groups excluding carboxylic acids is 1. The molecule has 1 unspecified atom stereocenters. The standard InChI is InChI=1S/C10H11NO2/c1-13-10(12)9(11)7-8-5-3-2-4-6-8/h2-3,5,9H,7,11H2,1H3. The first kappa shape index (κ1) is 9.56. The van der Waals surface area contributed by atoms with E-state index in [2.05, 4.69) is 16.9 Å². The van der Waals surface area contributed by atoms with Crippen LogP contribution in [0.5, 0.6) is 0 Å². The summed E-state index contributed by atoms with van der Waals surface area (Å²) in [7, 11) is 1.32. The van der Waals surface area contributed by atoms with Gasteiger partial charge in [-0.05, 0) is 12.1 Å². The first-order valence-corrected chi connectivity index (χ1v) is 3.94. The van der Waals surface area contributed by atoms with Crippen LogP contribution in [0.3, 0.4) is 0 Å². The van der Waals surface area contributed by atoms with Gasteiger partial charge in [0.25, 0.3) is 0 Å². The summed E-state index contributed by atoms with van der Waals surface area (Å²) in [4.78, 5) is 10.9. The van der Waals surface area contributed by atoms with Gasteiger partial charge in [-0.15, -0.1) is 0 Å². The molecule has 0 aliphatic carbocycles. The maximum Gasteiger partial charge on any atom is 0.323 e. The van der Waals surface area contributed by atoms with Crippen LogP contribution in [0, 0.1) is 12.1 Å². The fraction of sp³-hybridized carbons (Fsp3) is 0.300. The van der Waals surface area contributed by atoms with Gasteiger partial charge in [0.05, 0.1) is 7.11 Å². The molecule has 0 saturated heterocycles. The molecule has 1 rings (SSSR count). The van der Waals surface area contributed by atoms with Gasteiger partial charge < -0.3 is 10.5 Å². The molecule has 0 spiro atoms. The summed E-state index contributed by atoms with van der Waals surface area (Å²) in [5, 5.41) is 0. The Labute approximate surface area is 77.5 Å². The highest BCUT2D eigenvalue weighted by Crippen LogP contribution is 1.98. The van der Waals surface area contributed by atoms with Crippen LogP contribution in [0.2, 0.25) is 0 Å². The molecule has 1 aromatic carbocycles. The van der Waals surface area contributed by atoms with E-state index in [4.69, 9.17) is 5.73 Å². The maximum atomic E-state index is 10.9. The van der Waals surface area contributed by atoms with Crippen LogP contribution in [-0.2, 0) is 16.0 Å². The smallest absolute Gasteiger partial charge is 0.323 e. The molecule has 0 saturated carbocycles. The molecular weight excluding hydrogens is 166 g/mol. The molecular formula is C10H11NO2. The van der Waals surface area contributed by atoms with Gasteiger partial charge in [-0.3, -0.25) is 4.79 Å². The molecule has 3 nitrogen and oxygen atoms in total. The lowest BCUT2D eigenvalue weighted by molar-refractivity contribution is -0.142. The third kappa shape index (κ3) is 2.77. The van der Waals surface area contributed by atoms with Crippen LogP contribution in [0.15, 0.2) is 18.2 Å². The number of hydrogen-bond acceptors (Lipinski definition) is 3. The Hall–Kier alpha value is -1.53. The minimum Gasteiger partial charge on any atom is -0.468 e. The minimum atomic E-state index is -0.614. The predicted molar refractivity (Wildman–Crippen MR) is 47.8 cm³/mol. The third-order valence-electron chi connectivity index (χ3n) is 1.65. The Kier molecular flexibility index (Phi) is 3.30.